The molecular weight excluding hydrogens is 348 g/mol. The van der Waals surface area contributed by atoms with E-state index in [1.807, 2.05) is 0 Å². The van der Waals surface area contributed by atoms with Gasteiger partial charge in [0.25, 0.3) is 0 Å². The number of sulfonamides is 1. The van der Waals surface area contributed by atoms with Crippen LogP contribution in [0.3, 0.4) is 0 Å². The van der Waals surface area contributed by atoms with E-state index >= 15 is 0 Å². The van der Waals surface area contributed by atoms with Gasteiger partial charge in [-0.3, -0.25) is 0 Å². The van der Waals surface area contributed by atoms with E-state index in [1.54, 1.807) is 0 Å². The summed E-state index contributed by atoms with van der Waals surface area (Å²) in [5, 5.41) is 3.22. The van der Waals surface area contributed by atoms with Gasteiger partial charge in [-0.15, -0.1) is 0 Å². The van der Waals surface area contributed by atoms with Crippen LogP contribution in [0, 0.1) is 5.92 Å². The molecule has 0 radical (unpaired) electrons. The van der Waals surface area contributed by atoms with Crippen molar-refractivity contribution in [1.29, 1.82) is 0 Å². The molecule has 1 heterocycles. The van der Waals surface area contributed by atoms with Crippen LogP contribution in [0.25, 0.3) is 0 Å². The van der Waals surface area contributed by atoms with Gasteiger partial charge in [-0.25, -0.2) is 22.7 Å². The number of benzene rings is 1. The first-order chi connectivity index (χ1) is 11.9. The van der Waals surface area contributed by atoms with Crippen molar-refractivity contribution in [2.45, 2.75) is 17.7 Å². The minimum Gasteiger partial charge on any atom is -0.465 e. The maximum atomic E-state index is 12.6. The number of piperidine rings is 1. The van der Waals surface area contributed by atoms with Crippen LogP contribution in [0.4, 0.5) is 0 Å². The molecule has 1 unspecified atom stereocenters. The van der Waals surface area contributed by atoms with Gasteiger partial charge in [-0.1, -0.05) is 0 Å². The Hall–Kier alpha value is -1.97. The van der Waals surface area contributed by atoms with Gasteiger partial charge in [-0.2, -0.15) is 0 Å². The summed E-state index contributed by atoms with van der Waals surface area (Å²) in [6.07, 6.45) is 1.93. The fraction of sp³-hybridized carbons (Fsp3) is 0.500. The van der Waals surface area contributed by atoms with Gasteiger partial charge < -0.3 is 14.8 Å². The summed E-state index contributed by atoms with van der Waals surface area (Å²) >= 11 is 0. The molecular formula is C16H22N2O6S. The quantitative estimate of drug-likeness (QED) is 0.703. The number of hydrogen-bond acceptors (Lipinski definition) is 7. The highest BCUT2D eigenvalue weighted by Gasteiger charge is 2.22. The molecule has 2 N–H and O–H groups in total. The van der Waals surface area contributed by atoms with E-state index < -0.39 is 22.0 Å². The molecule has 0 aromatic heterocycles. The summed E-state index contributed by atoms with van der Waals surface area (Å²) in [6.45, 7) is 1.97. The Morgan fingerprint density at radius 1 is 1.16 bits per heavy atom. The first kappa shape index (κ1) is 19.4. The van der Waals surface area contributed by atoms with Crippen LogP contribution in [0.5, 0.6) is 0 Å². The van der Waals surface area contributed by atoms with Gasteiger partial charge in [0.2, 0.25) is 10.0 Å². The summed E-state index contributed by atoms with van der Waals surface area (Å²) in [4.78, 5) is 23.3. The predicted molar refractivity (Wildman–Crippen MR) is 89.9 cm³/mol. The first-order valence-electron chi connectivity index (χ1n) is 7.89. The minimum atomic E-state index is -3.88. The largest absolute Gasteiger partial charge is 0.465 e. The molecule has 25 heavy (non-hydrogen) atoms. The van der Waals surface area contributed by atoms with E-state index in [1.165, 1.54) is 32.4 Å². The number of carbonyl (C=O) groups is 2. The lowest BCUT2D eigenvalue weighted by Crippen LogP contribution is -2.38. The first-order valence-corrected chi connectivity index (χ1v) is 9.38. The Balaban J connectivity index is 2.27. The Kier molecular flexibility index (Phi) is 6.51. The van der Waals surface area contributed by atoms with Crippen molar-refractivity contribution in [1.82, 2.24) is 10.0 Å². The Bertz CT molecular complexity index is 707. The van der Waals surface area contributed by atoms with Gasteiger partial charge in [0, 0.05) is 6.54 Å². The van der Waals surface area contributed by atoms with Crippen molar-refractivity contribution in [3.05, 3.63) is 29.3 Å². The van der Waals surface area contributed by atoms with Crippen LogP contribution >= 0.6 is 0 Å². The summed E-state index contributed by atoms with van der Waals surface area (Å²) in [5.74, 6) is -1.27. The van der Waals surface area contributed by atoms with Crippen molar-refractivity contribution in [3.63, 3.8) is 0 Å². The molecule has 1 aromatic carbocycles. The molecule has 1 fully saturated rings. The predicted octanol–water partition coefficient (Wildman–Crippen LogP) is 0.538. The third kappa shape index (κ3) is 5.00. The summed E-state index contributed by atoms with van der Waals surface area (Å²) in [5.41, 5.74) is -0.0739. The molecule has 2 rings (SSSR count). The van der Waals surface area contributed by atoms with Gasteiger partial charge in [0.15, 0.2) is 0 Å². The minimum absolute atomic E-state index is 0.0369. The maximum Gasteiger partial charge on any atom is 0.337 e. The average Bonchev–Trinajstić information content (AvgIpc) is 2.65. The van der Waals surface area contributed by atoms with E-state index in [-0.39, 0.29) is 28.5 Å². The molecule has 0 amide bonds. The fourth-order valence-electron chi connectivity index (χ4n) is 2.63. The summed E-state index contributed by atoms with van der Waals surface area (Å²) in [6, 6.07) is 3.60. The normalized spacial score (nSPS) is 17.8. The Labute approximate surface area is 146 Å². The van der Waals surface area contributed by atoms with Gasteiger partial charge in [0.1, 0.15) is 0 Å². The number of rotatable bonds is 6. The average molecular weight is 370 g/mol. The Morgan fingerprint density at radius 3 is 2.24 bits per heavy atom. The van der Waals surface area contributed by atoms with Crippen molar-refractivity contribution < 1.29 is 27.5 Å². The number of ether oxygens (including phenoxy) is 2. The summed E-state index contributed by atoms with van der Waals surface area (Å²) < 4.78 is 36.9. The van der Waals surface area contributed by atoms with Crippen LogP contribution in [0.1, 0.15) is 33.6 Å². The lowest BCUT2D eigenvalue weighted by molar-refractivity contribution is 0.0598. The molecule has 8 nitrogen and oxygen atoms in total. The Morgan fingerprint density at radius 2 is 1.76 bits per heavy atom. The summed E-state index contributed by atoms with van der Waals surface area (Å²) in [7, 11) is -1.53. The highest BCUT2D eigenvalue weighted by Crippen LogP contribution is 2.18. The number of hydrogen-bond donors (Lipinski definition) is 2. The SMILES string of the molecule is COC(=O)c1cc(C(=O)OC)cc(S(=O)(=O)NCC2CCCNC2)c1. The zero-order valence-electron chi connectivity index (χ0n) is 14.2. The second-order valence-electron chi connectivity index (χ2n) is 5.79. The van der Waals surface area contributed by atoms with Crippen LogP contribution in [0.15, 0.2) is 23.1 Å². The van der Waals surface area contributed by atoms with Crippen molar-refractivity contribution in [2.24, 2.45) is 5.92 Å². The highest BCUT2D eigenvalue weighted by molar-refractivity contribution is 7.89. The van der Waals surface area contributed by atoms with Gasteiger partial charge in [0.05, 0.1) is 30.2 Å². The third-order valence-electron chi connectivity index (χ3n) is 4.02. The van der Waals surface area contributed by atoms with Crippen molar-refractivity contribution >= 4 is 22.0 Å². The standard InChI is InChI=1S/C16H22N2O6S/c1-23-15(19)12-6-13(16(20)24-2)8-14(7-12)25(21,22)18-10-11-4-3-5-17-9-11/h6-8,11,17-18H,3-5,9-10H2,1-2H3. The van der Waals surface area contributed by atoms with E-state index in [4.69, 9.17) is 0 Å². The second kappa shape index (κ2) is 8.41. The molecule has 0 bridgehead atoms. The van der Waals surface area contributed by atoms with E-state index in [0.29, 0.717) is 0 Å². The molecule has 1 aliphatic rings. The molecule has 1 aromatic rings. The van der Waals surface area contributed by atoms with Crippen LogP contribution < -0.4 is 10.0 Å². The number of carbonyl (C=O) groups excluding carboxylic acids is 2. The van der Waals surface area contributed by atoms with Crippen LogP contribution in [0.2, 0.25) is 0 Å². The lowest BCUT2D eigenvalue weighted by atomic mass is 10.0. The molecule has 0 saturated carbocycles. The van der Waals surface area contributed by atoms with E-state index in [9.17, 15) is 18.0 Å². The van der Waals surface area contributed by atoms with Crippen LogP contribution in [-0.4, -0.2) is 54.2 Å². The number of methoxy groups -OCH3 is 2. The lowest BCUT2D eigenvalue weighted by Gasteiger charge is -2.22. The fourth-order valence-corrected chi connectivity index (χ4v) is 3.82. The van der Waals surface area contributed by atoms with Gasteiger partial charge in [-0.05, 0) is 50.0 Å². The highest BCUT2D eigenvalue weighted by atomic mass is 32.2. The number of esters is 2. The molecule has 1 aliphatic heterocycles. The maximum absolute atomic E-state index is 12.6. The van der Waals surface area contributed by atoms with Crippen molar-refractivity contribution in [3.8, 4) is 0 Å². The third-order valence-corrected chi connectivity index (χ3v) is 5.42. The molecule has 0 spiro atoms. The monoisotopic (exact) mass is 370 g/mol. The molecule has 0 aliphatic carbocycles. The van der Waals surface area contributed by atoms with Crippen LogP contribution in [-0.2, 0) is 19.5 Å². The molecule has 1 saturated heterocycles. The molecule has 138 valence electrons. The van der Waals surface area contributed by atoms with E-state index in [2.05, 4.69) is 19.5 Å². The molecule has 1 atom stereocenters. The zero-order chi connectivity index (χ0) is 18.4. The zero-order valence-corrected chi connectivity index (χ0v) is 15.0. The smallest absolute Gasteiger partial charge is 0.337 e. The van der Waals surface area contributed by atoms with Crippen molar-refractivity contribution in [2.75, 3.05) is 33.9 Å². The van der Waals surface area contributed by atoms with Gasteiger partial charge >= 0.3 is 11.9 Å². The second-order valence-corrected chi connectivity index (χ2v) is 7.56. The topological polar surface area (TPSA) is 111 Å². The molecule has 9 heteroatoms. The van der Waals surface area contributed by atoms with E-state index in [0.717, 1.165) is 25.9 Å². The number of nitrogens with one attached hydrogen (secondary N) is 2.